The molecule has 1 aliphatic rings. The number of hydrogen-bond donors (Lipinski definition) is 2. The predicted octanol–water partition coefficient (Wildman–Crippen LogP) is 3.38. The Morgan fingerprint density at radius 1 is 1.00 bits per heavy atom. The van der Waals surface area contributed by atoms with Crippen molar-refractivity contribution in [3.8, 4) is 0 Å². The van der Waals surface area contributed by atoms with Gasteiger partial charge in [-0.05, 0) is 72.4 Å². The van der Waals surface area contributed by atoms with Gasteiger partial charge in [-0.15, -0.1) is 0 Å². The number of benzene rings is 3. The maximum atomic E-state index is 12.8. The average molecular weight is 455 g/mol. The summed E-state index contributed by atoms with van der Waals surface area (Å²) >= 11 is 0. The smallest absolute Gasteiger partial charge is 0.255 e. The largest absolute Gasteiger partial charge is 0.322 e. The molecule has 1 amide bonds. The lowest BCUT2D eigenvalue weighted by molar-refractivity contribution is 0.102. The normalized spacial score (nSPS) is 14.1. The average Bonchev–Trinajstić information content (AvgIpc) is 3.22. The topological polar surface area (TPSA) is 106 Å². The Hall–Kier alpha value is -2.81. The maximum Gasteiger partial charge on any atom is 0.255 e. The quantitative estimate of drug-likeness (QED) is 0.595. The molecule has 160 valence electrons. The number of primary sulfonamides is 1. The number of sulfonamides is 1. The first kappa shape index (κ1) is 21.4. The second-order valence-electron chi connectivity index (χ2n) is 7.47. The molecule has 0 heterocycles. The fraction of sp³-hybridized carbons (Fsp3) is 0.174. The highest BCUT2D eigenvalue weighted by Crippen LogP contribution is 2.30. The molecule has 8 heteroatoms. The summed E-state index contributed by atoms with van der Waals surface area (Å²) in [7, 11) is -5.12. The standard InChI is InChI=1S/C23H22N2O4S2/c24-31(28,29)22-14-18(13-17-7-5-11-21(17)22)23(26)25-19-8-4-6-16(12-19)15-30(27)20-9-2-1-3-10-20/h1-4,6,8-10,12-14H,5,7,11,15H2,(H,25,26)(H2,24,28,29). The zero-order valence-corrected chi connectivity index (χ0v) is 18.3. The zero-order chi connectivity index (χ0) is 22.0. The summed E-state index contributed by atoms with van der Waals surface area (Å²) in [5.74, 6) is -0.0942. The molecule has 0 saturated heterocycles. The Morgan fingerprint density at radius 2 is 1.77 bits per heavy atom. The molecule has 3 aromatic carbocycles. The van der Waals surface area contributed by atoms with Crippen LogP contribution in [0, 0.1) is 0 Å². The predicted molar refractivity (Wildman–Crippen MR) is 121 cm³/mol. The van der Waals surface area contributed by atoms with Crippen molar-refractivity contribution >= 4 is 32.4 Å². The van der Waals surface area contributed by atoms with E-state index in [1.807, 2.05) is 36.4 Å². The Balaban J connectivity index is 1.55. The van der Waals surface area contributed by atoms with Gasteiger partial charge >= 0.3 is 0 Å². The molecule has 6 nitrogen and oxygen atoms in total. The van der Waals surface area contributed by atoms with Gasteiger partial charge in [-0.3, -0.25) is 9.00 Å². The van der Waals surface area contributed by atoms with Crippen molar-refractivity contribution in [3.63, 3.8) is 0 Å². The number of aryl methyl sites for hydroxylation is 1. The summed E-state index contributed by atoms with van der Waals surface area (Å²) in [5.41, 5.74) is 3.18. The minimum Gasteiger partial charge on any atom is -0.322 e. The molecule has 0 aliphatic heterocycles. The second-order valence-corrected chi connectivity index (χ2v) is 10.4. The Morgan fingerprint density at radius 3 is 2.52 bits per heavy atom. The molecule has 0 radical (unpaired) electrons. The van der Waals surface area contributed by atoms with Crippen LogP contribution >= 0.6 is 0 Å². The van der Waals surface area contributed by atoms with Crippen molar-refractivity contribution in [3.05, 3.63) is 89.0 Å². The summed E-state index contributed by atoms with van der Waals surface area (Å²) < 4.78 is 36.6. The lowest BCUT2D eigenvalue weighted by atomic mass is 10.1. The fourth-order valence-corrected chi connectivity index (χ4v) is 5.78. The van der Waals surface area contributed by atoms with Crippen LogP contribution in [0.1, 0.15) is 33.5 Å². The summed E-state index contributed by atoms with van der Waals surface area (Å²) in [4.78, 5) is 13.6. The van der Waals surface area contributed by atoms with Crippen LogP contribution in [0.3, 0.4) is 0 Å². The molecule has 0 fully saturated rings. The third-order valence-electron chi connectivity index (χ3n) is 5.23. The van der Waals surface area contributed by atoms with E-state index in [1.165, 1.54) is 6.07 Å². The van der Waals surface area contributed by atoms with Crippen molar-refractivity contribution in [1.82, 2.24) is 0 Å². The number of nitrogens with one attached hydrogen (secondary N) is 1. The van der Waals surface area contributed by atoms with Crippen LogP contribution in [0.5, 0.6) is 0 Å². The van der Waals surface area contributed by atoms with E-state index in [0.717, 1.165) is 28.9 Å². The monoisotopic (exact) mass is 454 g/mol. The van der Waals surface area contributed by atoms with Crippen LogP contribution in [0.4, 0.5) is 5.69 Å². The molecule has 1 aliphatic carbocycles. The molecule has 0 spiro atoms. The van der Waals surface area contributed by atoms with Crippen LogP contribution in [0.15, 0.2) is 76.5 Å². The van der Waals surface area contributed by atoms with Gasteiger partial charge in [0.2, 0.25) is 10.0 Å². The van der Waals surface area contributed by atoms with Gasteiger partial charge in [0.05, 0.1) is 21.4 Å². The van der Waals surface area contributed by atoms with Gasteiger partial charge < -0.3 is 5.32 Å². The molecule has 1 unspecified atom stereocenters. The highest BCUT2D eigenvalue weighted by atomic mass is 32.2. The molecule has 0 aromatic heterocycles. The first-order valence-corrected chi connectivity index (χ1v) is 12.7. The number of carbonyl (C=O) groups excluding carboxylic acids is 1. The maximum absolute atomic E-state index is 12.8. The number of fused-ring (bicyclic) bond motifs is 1. The van der Waals surface area contributed by atoms with E-state index in [9.17, 15) is 17.4 Å². The lowest BCUT2D eigenvalue weighted by Crippen LogP contribution is -2.18. The third-order valence-corrected chi connectivity index (χ3v) is 7.60. The highest BCUT2D eigenvalue weighted by molar-refractivity contribution is 7.89. The highest BCUT2D eigenvalue weighted by Gasteiger charge is 2.24. The van der Waals surface area contributed by atoms with E-state index in [0.29, 0.717) is 23.4 Å². The minimum atomic E-state index is -3.92. The Kier molecular flexibility index (Phi) is 6.04. The molecule has 0 saturated carbocycles. The molecular weight excluding hydrogens is 432 g/mol. The molecule has 31 heavy (non-hydrogen) atoms. The molecule has 3 aromatic rings. The van der Waals surface area contributed by atoms with E-state index in [4.69, 9.17) is 5.14 Å². The van der Waals surface area contributed by atoms with E-state index >= 15 is 0 Å². The summed E-state index contributed by atoms with van der Waals surface area (Å²) in [6.45, 7) is 0. The van der Waals surface area contributed by atoms with Crippen LogP contribution in [0.2, 0.25) is 0 Å². The Bertz CT molecular complexity index is 1270. The van der Waals surface area contributed by atoms with Crippen molar-refractivity contribution in [2.45, 2.75) is 34.8 Å². The molecule has 4 rings (SSSR count). The van der Waals surface area contributed by atoms with E-state index in [-0.39, 0.29) is 10.5 Å². The van der Waals surface area contributed by atoms with E-state index < -0.39 is 26.7 Å². The molecular formula is C23H22N2O4S2. The van der Waals surface area contributed by atoms with Crippen molar-refractivity contribution in [2.24, 2.45) is 5.14 Å². The summed E-state index contributed by atoms with van der Waals surface area (Å²) in [6.07, 6.45) is 2.20. The number of rotatable bonds is 6. The van der Waals surface area contributed by atoms with Crippen LogP contribution in [-0.2, 0) is 39.4 Å². The first-order valence-electron chi connectivity index (χ1n) is 9.83. The van der Waals surface area contributed by atoms with E-state index in [2.05, 4.69) is 5.32 Å². The van der Waals surface area contributed by atoms with Crippen LogP contribution in [0.25, 0.3) is 0 Å². The van der Waals surface area contributed by atoms with Crippen LogP contribution in [-0.4, -0.2) is 18.5 Å². The van der Waals surface area contributed by atoms with Gasteiger partial charge in [-0.25, -0.2) is 13.6 Å². The molecule has 1 atom stereocenters. The molecule has 3 N–H and O–H groups in total. The van der Waals surface area contributed by atoms with Gasteiger partial charge in [-0.2, -0.15) is 0 Å². The summed E-state index contributed by atoms with van der Waals surface area (Å²) in [6, 6.07) is 19.4. The summed E-state index contributed by atoms with van der Waals surface area (Å²) in [5, 5.41) is 8.19. The minimum absolute atomic E-state index is 0.0275. The van der Waals surface area contributed by atoms with Crippen molar-refractivity contribution in [1.29, 1.82) is 0 Å². The van der Waals surface area contributed by atoms with Gasteiger partial charge in [0, 0.05) is 16.1 Å². The zero-order valence-electron chi connectivity index (χ0n) is 16.7. The Labute approximate surface area is 184 Å². The molecule has 0 bridgehead atoms. The van der Waals surface area contributed by atoms with Gasteiger partial charge in [0.15, 0.2) is 0 Å². The van der Waals surface area contributed by atoms with E-state index in [1.54, 1.807) is 24.3 Å². The number of hydrogen-bond acceptors (Lipinski definition) is 4. The third kappa shape index (κ3) is 4.92. The van der Waals surface area contributed by atoms with Gasteiger partial charge in [0.1, 0.15) is 0 Å². The lowest BCUT2D eigenvalue weighted by Gasteiger charge is -2.12. The van der Waals surface area contributed by atoms with Gasteiger partial charge in [-0.1, -0.05) is 30.3 Å². The van der Waals surface area contributed by atoms with Crippen molar-refractivity contribution in [2.75, 3.05) is 5.32 Å². The number of nitrogens with two attached hydrogens (primary N) is 1. The van der Waals surface area contributed by atoms with Gasteiger partial charge in [0.25, 0.3) is 5.91 Å². The SMILES string of the molecule is NS(=O)(=O)c1cc(C(=O)Nc2cccc(CS(=O)c3ccccc3)c2)cc2c1CCC2. The number of carbonyl (C=O) groups is 1. The van der Waals surface area contributed by atoms with Crippen LogP contribution < -0.4 is 10.5 Å². The fourth-order valence-electron chi connectivity index (χ4n) is 3.80. The first-order chi connectivity index (χ1) is 14.8. The second kappa shape index (κ2) is 8.74. The number of amides is 1. The van der Waals surface area contributed by atoms with Crippen molar-refractivity contribution < 1.29 is 17.4 Å². The number of anilines is 1.